The Hall–Kier alpha value is -4.16. The van der Waals surface area contributed by atoms with E-state index in [4.69, 9.17) is 11.6 Å². The lowest BCUT2D eigenvalue weighted by Gasteiger charge is -2.16. The number of pyridine rings is 1. The molecule has 0 radical (unpaired) electrons. The van der Waals surface area contributed by atoms with E-state index >= 15 is 4.39 Å². The van der Waals surface area contributed by atoms with Crippen molar-refractivity contribution in [1.29, 1.82) is 0 Å². The molecule has 36 heavy (non-hydrogen) atoms. The maximum absolute atomic E-state index is 15.3. The highest BCUT2D eigenvalue weighted by molar-refractivity contribution is 6.31. The first-order valence-corrected chi connectivity index (χ1v) is 11.3. The number of aromatic nitrogens is 6. The molecule has 0 spiro atoms. The molecule has 182 valence electrons. The Bertz CT molecular complexity index is 1740. The number of hydrogen-bond acceptors (Lipinski definition) is 6. The normalized spacial score (nSPS) is 13.6. The van der Waals surface area contributed by atoms with Gasteiger partial charge < -0.3 is 10.3 Å². The molecule has 0 atom stereocenters. The average Bonchev–Trinajstić information content (AvgIpc) is 3.54. The van der Waals surface area contributed by atoms with Crippen LogP contribution in [0.4, 0.5) is 8.78 Å². The van der Waals surface area contributed by atoms with Gasteiger partial charge >= 0.3 is 0 Å². The van der Waals surface area contributed by atoms with Gasteiger partial charge in [-0.15, -0.1) is 0 Å². The summed E-state index contributed by atoms with van der Waals surface area (Å²) in [6, 6.07) is 6.45. The molecule has 0 saturated carbocycles. The summed E-state index contributed by atoms with van der Waals surface area (Å²) in [5, 5.41) is 11.1. The van der Waals surface area contributed by atoms with Gasteiger partial charge in [0.2, 0.25) is 0 Å². The second-order valence-electron chi connectivity index (χ2n) is 8.42. The number of carbonyl (C=O) groups is 1. The maximum Gasteiger partial charge on any atom is 0.277 e. The molecule has 1 aliphatic heterocycles. The van der Waals surface area contributed by atoms with E-state index in [-0.39, 0.29) is 39.8 Å². The number of hydrogen-bond donors (Lipinski definition) is 2. The van der Waals surface area contributed by atoms with E-state index in [1.165, 1.54) is 7.05 Å². The molecule has 6 rings (SSSR count). The van der Waals surface area contributed by atoms with Crippen LogP contribution in [0.1, 0.15) is 27.3 Å². The molecule has 1 amide bonds. The first-order chi connectivity index (χ1) is 17.3. The van der Waals surface area contributed by atoms with Gasteiger partial charge in [-0.25, -0.2) is 23.0 Å². The number of aromatic amines is 1. The molecule has 2 N–H and O–H groups in total. The van der Waals surface area contributed by atoms with Crippen LogP contribution in [0.2, 0.25) is 5.15 Å². The molecule has 5 heterocycles. The van der Waals surface area contributed by atoms with Gasteiger partial charge in [0, 0.05) is 44.0 Å². The lowest BCUT2D eigenvalue weighted by atomic mass is 10.1. The molecular weight excluding hydrogens is 494 g/mol. The van der Waals surface area contributed by atoms with Gasteiger partial charge in [0.05, 0.1) is 17.4 Å². The summed E-state index contributed by atoms with van der Waals surface area (Å²) in [7, 11) is 1.51. The van der Waals surface area contributed by atoms with Crippen LogP contribution >= 0.6 is 11.6 Å². The van der Waals surface area contributed by atoms with Crippen LogP contribution in [-0.2, 0) is 19.6 Å². The number of carbonyl (C=O) groups excluding carboxylic acids is 1. The quantitative estimate of drug-likeness (QED) is 0.359. The Kier molecular flexibility index (Phi) is 5.09. The molecule has 1 aromatic carbocycles. The van der Waals surface area contributed by atoms with Crippen LogP contribution in [0, 0.1) is 11.6 Å². The Balaban J connectivity index is 1.24. The molecule has 5 aromatic rings. The van der Waals surface area contributed by atoms with Crippen molar-refractivity contribution in [1.82, 2.24) is 39.6 Å². The summed E-state index contributed by atoms with van der Waals surface area (Å²) in [6.45, 7) is 1.27. The van der Waals surface area contributed by atoms with Crippen molar-refractivity contribution in [3.05, 3.63) is 86.3 Å². The monoisotopic (exact) mass is 510 g/mol. The molecule has 4 aromatic heterocycles. The molecular formula is C23H17ClF2N8O2. The van der Waals surface area contributed by atoms with Crippen molar-refractivity contribution in [3.63, 3.8) is 0 Å². The second-order valence-corrected chi connectivity index (χ2v) is 8.77. The van der Waals surface area contributed by atoms with E-state index in [1.807, 2.05) is 11.1 Å². The molecule has 0 aliphatic carbocycles. The number of fused-ring (bicyclic) bond motifs is 4. The smallest absolute Gasteiger partial charge is 0.277 e. The highest BCUT2D eigenvalue weighted by Crippen LogP contribution is 2.28. The van der Waals surface area contributed by atoms with E-state index in [0.717, 1.165) is 22.0 Å². The summed E-state index contributed by atoms with van der Waals surface area (Å²) in [5.74, 6) is -1.70. The van der Waals surface area contributed by atoms with Crippen LogP contribution in [0.15, 0.2) is 41.5 Å². The average molecular weight is 511 g/mol. The van der Waals surface area contributed by atoms with Crippen molar-refractivity contribution in [2.45, 2.75) is 19.6 Å². The van der Waals surface area contributed by atoms with Crippen LogP contribution < -0.4 is 10.9 Å². The predicted molar refractivity (Wildman–Crippen MR) is 126 cm³/mol. The summed E-state index contributed by atoms with van der Waals surface area (Å²) >= 11 is 6.28. The summed E-state index contributed by atoms with van der Waals surface area (Å²) in [5.41, 5.74) is 2.11. The van der Waals surface area contributed by atoms with E-state index in [1.54, 1.807) is 28.9 Å². The van der Waals surface area contributed by atoms with E-state index in [2.05, 4.69) is 25.5 Å². The molecule has 0 fully saturated rings. The molecule has 10 nitrogen and oxygen atoms in total. The van der Waals surface area contributed by atoms with E-state index in [0.29, 0.717) is 24.3 Å². The zero-order chi connectivity index (χ0) is 25.1. The van der Waals surface area contributed by atoms with Gasteiger partial charge in [-0.2, -0.15) is 10.2 Å². The number of halogens is 3. The fourth-order valence-electron chi connectivity index (χ4n) is 4.46. The first kappa shape index (κ1) is 22.3. The SMILES string of the molecule is CNC(=O)c1ccc(-n2cc3c(n2)CN(Cc2ccc4c([nH]c(=O)c5c(F)cnn54)c2F)C3)c(Cl)n1. The number of H-pyrrole nitrogens is 1. The van der Waals surface area contributed by atoms with Crippen LogP contribution in [0.3, 0.4) is 0 Å². The number of nitrogens with zero attached hydrogens (tertiary/aromatic N) is 6. The summed E-state index contributed by atoms with van der Waals surface area (Å²) in [4.78, 5) is 32.6. The van der Waals surface area contributed by atoms with E-state index < -0.39 is 17.2 Å². The first-order valence-electron chi connectivity index (χ1n) is 10.9. The Morgan fingerprint density at radius 3 is 2.81 bits per heavy atom. The molecule has 0 bridgehead atoms. The zero-order valence-corrected chi connectivity index (χ0v) is 19.5. The van der Waals surface area contributed by atoms with Crippen molar-refractivity contribution < 1.29 is 13.6 Å². The Labute approximate surface area is 206 Å². The standard InChI is InChI=1S/C23H17ClF2N8O2/c1-27-22(35)14-3-5-17(21(24)29-14)33-9-12-8-32(10-15(12)31-33)7-11-2-4-16-19(18(11)26)30-23(36)20-13(25)6-28-34(16)20/h2-6,9H,7-8,10H2,1H3,(H,27,35)(H,30,36). The van der Waals surface area contributed by atoms with Crippen LogP contribution in [0.5, 0.6) is 0 Å². The Morgan fingerprint density at radius 2 is 2.06 bits per heavy atom. The predicted octanol–water partition coefficient (Wildman–Crippen LogP) is 2.56. The summed E-state index contributed by atoms with van der Waals surface area (Å²) < 4.78 is 31.9. The van der Waals surface area contributed by atoms with Crippen molar-refractivity contribution in [3.8, 4) is 5.69 Å². The van der Waals surface area contributed by atoms with Gasteiger partial charge in [-0.3, -0.25) is 14.5 Å². The van der Waals surface area contributed by atoms with Gasteiger partial charge in [0.25, 0.3) is 11.5 Å². The number of benzene rings is 1. The number of nitrogens with one attached hydrogen (secondary N) is 2. The summed E-state index contributed by atoms with van der Waals surface area (Å²) in [6.07, 6.45) is 2.76. The molecule has 0 saturated heterocycles. The minimum atomic E-state index is -0.770. The van der Waals surface area contributed by atoms with Gasteiger partial charge in [-0.05, 0) is 18.2 Å². The highest BCUT2D eigenvalue weighted by atomic mass is 35.5. The maximum atomic E-state index is 15.3. The Morgan fingerprint density at radius 1 is 1.22 bits per heavy atom. The van der Waals surface area contributed by atoms with Gasteiger partial charge in [-0.1, -0.05) is 17.7 Å². The van der Waals surface area contributed by atoms with Crippen molar-refractivity contribution in [2.24, 2.45) is 0 Å². The molecule has 0 unspecified atom stereocenters. The lowest BCUT2D eigenvalue weighted by molar-refractivity contribution is 0.0958. The van der Waals surface area contributed by atoms with E-state index in [9.17, 15) is 14.0 Å². The van der Waals surface area contributed by atoms with Crippen molar-refractivity contribution in [2.75, 3.05) is 7.05 Å². The highest BCUT2D eigenvalue weighted by Gasteiger charge is 2.25. The topological polar surface area (TPSA) is 113 Å². The van der Waals surface area contributed by atoms with Crippen molar-refractivity contribution >= 4 is 34.1 Å². The van der Waals surface area contributed by atoms with Crippen LogP contribution in [0.25, 0.3) is 22.2 Å². The second kappa shape index (κ2) is 8.21. The third-order valence-electron chi connectivity index (χ3n) is 6.18. The zero-order valence-electron chi connectivity index (χ0n) is 18.7. The number of amides is 1. The third-order valence-corrected chi connectivity index (χ3v) is 6.46. The minimum absolute atomic E-state index is 0.0300. The number of rotatable bonds is 4. The largest absolute Gasteiger partial charge is 0.354 e. The molecule has 1 aliphatic rings. The fraction of sp³-hybridized carbons (Fsp3) is 0.174. The fourth-order valence-corrected chi connectivity index (χ4v) is 4.70. The van der Waals surface area contributed by atoms with Gasteiger partial charge in [0.15, 0.2) is 22.3 Å². The van der Waals surface area contributed by atoms with Crippen LogP contribution in [-0.4, -0.2) is 47.2 Å². The van der Waals surface area contributed by atoms with Gasteiger partial charge in [0.1, 0.15) is 16.9 Å². The third kappa shape index (κ3) is 3.45. The minimum Gasteiger partial charge on any atom is -0.354 e. The molecule has 13 heteroatoms. The lowest BCUT2D eigenvalue weighted by Crippen LogP contribution is -2.20.